The number of hydrogen-bond donors (Lipinski definition) is 8. The third-order valence-electron chi connectivity index (χ3n) is 4.64. The minimum atomic E-state index is -0.0553. The van der Waals surface area contributed by atoms with E-state index in [1.165, 1.54) is 77.7 Å². The maximum absolute atomic E-state index is 7.88. The molecule has 0 spiro atoms. The largest absolute Gasteiger partial charge is 0.396 e. The smallest absolute Gasteiger partial charge is 0.0428 e. The van der Waals surface area contributed by atoms with E-state index in [9.17, 15) is 0 Å². The SMILES string of the molecule is CC.CC.CCCC.CCCC.CCCC.CCCCC.CCCNC(CC(C)C)CC(C)(C)N.CCCO.CCN.CN.N.N.N. The van der Waals surface area contributed by atoms with Crippen LogP contribution in [0.2, 0.25) is 0 Å². The summed E-state index contributed by atoms with van der Waals surface area (Å²) in [6, 6.07) is 0.579. The van der Waals surface area contributed by atoms with Gasteiger partial charge < -0.3 is 46.1 Å². The van der Waals surface area contributed by atoms with Crippen LogP contribution in [0.1, 0.15) is 215 Å². The van der Waals surface area contributed by atoms with Gasteiger partial charge in [-0.25, -0.2) is 0 Å². The van der Waals surface area contributed by atoms with Crippen molar-refractivity contribution >= 4 is 0 Å². The number of rotatable bonds is 13. The quantitative estimate of drug-likeness (QED) is 0.0925. The Bertz CT molecular complexity index is 280. The fourth-order valence-corrected chi connectivity index (χ4v) is 2.14. The highest BCUT2D eigenvalue weighted by atomic mass is 16.2. The molecule has 8 heteroatoms. The lowest BCUT2D eigenvalue weighted by molar-refractivity contribution is 0.295. The van der Waals surface area contributed by atoms with Crippen LogP contribution >= 0.6 is 0 Å². The summed E-state index contributed by atoms with van der Waals surface area (Å²) < 4.78 is 0. The molecule has 0 saturated carbocycles. The summed E-state index contributed by atoms with van der Waals surface area (Å²) in [6.45, 7) is 42.5. The van der Waals surface area contributed by atoms with E-state index in [0.29, 0.717) is 12.6 Å². The Labute approximate surface area is 304 Å². The van der Waals surface area contributed by atoms with Gasteiger partial charge in [-0.3, -0.25) is 0 Å². The third kappa shape index (κ3) is 250. The molecule has 0 radical (unpaired) electrons. The zero-order valence-corrected chi connectivity index (χ0v) is 37.8. The Hall–Kier alpha value is -0.320. The molecule has 0 fully saturated rings. The average molecular weight is 694 g/mol. The number of aliphatic hydroxyl groups is 1. The Morgan fingerprint density at radius 1 is 0.574 bits per heavy atom. The molecule has 0 heterocycles. The minimum Gasteiger partial charge on any atom is -0.396 e. The van der Waals surface area contributed by atoms with Crippen LogP contribution in [0.25, 0.3) is 0 Å². The van der Waals surface area contributed by atoms with Crippen LogP contribution in [0.3, 0.4) is 0 Å². The standard InChI is InChI=1S/C12H28N2.C5H12.3C4H10.C3H8O.C2H7N.2C2H6.CH5N.3H3N/c1-6-7-14-11(8-10(2)3)9-12(4,5)13;1-3-5-4-2;3*1-3-4-2;1-2-3-4;1-2-3;3*1-2;;;/h10-11,14H,6-9,13H2,1-5H3;3-5H2,1-2H3;3*3-4H2,1-2H3;4H,2-3H2,1H3;2-3H2,1H3;2*1-2H3;2H2,1H3;3*1H3. The van der Waals surface area contributed by atoms with Crippen molar-refractivity contribution in [2.45, 2.75) is 227 Å². The molecule has 1 atom stereocenters. The normalized spacial score (nSPS) is 8.62. The van der Waals surface area contributed by atoms with Gasteiger partial charge in [0.2, 0.25) is 0 Å². The minimum absolute atomic E-state index is 0. The summed E-state index contributed by atoms with van der Waals surface area (Å²) in [4.78, 5) is 0. The zero-order chi connectivity index (χ0) is 37.7. The highest BCUT2D eigenvalue weighted by Crippen LogP contribution is 2.14. The molecule has 0 aliphatic heterocycles. The molecule has 0 saturated heterocycles. The summed E-state index contributed by atoms with van der Waals surface area (Å²) in [7, 11) is 1.50. The third-order valence-corrected chi connectivity index (χ3v) is 4.64. The Kier molecular flexibility index (Phi) is 203. The first-order valence-corrected chi connectivity index (χ1v) is 19.2. The second-order valence-corrected chi connectivity index (χ2v) is 11.0. The molecule has 0 aliphatic carbocycles. The van der Waals surface area contributed by atoms with E-state index in [1.54, 1.807) is 0 Å². The van der Waals surface area contributed by atoms with Crippen molar-refractivity contribution in [2.75, 3.05) is 26.7 Å². The molecule has 0 aliphatic rings. The van der Waals surface area contributed by atoms with Crippen LogP contribution in [0.4, 0.5) is 0 Å². The van der Waals surface area contributed by atoms with Gasteiger partial charge in [0.15, 0.2) is 0 Å². The van der Waals surface area contributed by atoms with E-state index in [-0.39, 0.29) is 24.0 Å². The van der Waals surface area contributed by atoms with E-state index >= 15 is 0 Å². The van der Waals surface area contributed by atoms with E-state index in [0.717, 1.165) is 31.8 Å². The lowest BCUT2D eigenvalue weighted by atomic mass is 9.91. The van der Waals surface area contributed by atoms with Crippen molar-refractivity contribution in [1.29, 1.82) is 0 Å². The van der Waals surface area contributed by atoms with Gasteiger partial charge >= 0.3 is 0 Å². The predicted octanol–water partition coefficient (Wildman–Crippen LogP) is 12.6. The Morgan fingerprint density at radius 2 is 0.830 bits per heavy atom. The van der Waals surface area contributed by atoms with Gasteiger partial charge in [-0.15, -0.1) is 0 Å². The van der Waals surface area contributed by atoms with Gasteiger partial charge in [0, 0.05) is 18.2 Å². The first-order valence-electron chi connectivity index (χ1n) is 19.2. The summed E-state index contributed by atoms with van der Waals surface area (Å²) >= 11 is 0. The van der Waals surface area contributed by atoms with E-state index in [4.69, 9.17) is 16.6 Å². The predicted molar refractivity (Wildman–Crippen MR) is 231 cm³/mol. The average Bonchev–Trinajstić information content (AvgIpc) is 3.03. The highest BCUT2D eigenvalue weighted by Gasteiger charge is 2.19. The summed E-state index contributed by atoms with van der Waals surface area (Å²) in [5, 5.41) is 11.5. The monoisotopic (exact) mass is 694 g/mol. The lowest BCUT2D eigenvalue weighted by Crippen LogP contribution is -2.42. The lowest BCUT2D eigenvalue weighted by Gasteiger charge is -2.28. The summed E-state index contributed by atoms with van der Waals surface area (Å²) in [5.74, 6) is 0.742. The number of nitrogens with one attached hydrogen (secondary N) is 1. The molecule has 0 amide bonds. The topological polar surface area (TPSA) is 215 Å². The molecule has 1 unspecified atom stereocenters. The van der Waals surface area contributed by atoms with E-state index in [2.05, 4.69) is 101 Å². The molecule has 8 nitrogen and oxygen atoms in total. The summed E-state index contributed by atoms with van der Waals surface area (Å²) in [6.07, 6.45) is 16.3. The molecule has 308 valence electrons. The molecule has 0 rings (SSSR count). The molecule has 17 N–H and O–H groups in total. The molecular weight excluding hydrogens is 582 g/mol. The fraction of sp³-hybridized carbons (Fsp3) is 1.00. The number of aliphatic hydroxyl groups excluding tert-OH is 1. The number of nitrogens with two attached hydrogens (primary N) is 3. The fourth-order valence-electron chi connectivity index (χ4n) is 2.14. The van der Waals surface area contributed by atoms with E-state index < -0.39 is 0 Å². The second-order valence-electron chi connectivity index (χ2n) is 11.0. The Morgan fingerprint density at radius 3 is 0.936 bits per heavy atom. The van der Waals surface area contributed by atoms with Crippen molar-refractivity contribution in [3.8, 4) is 0 Å². The maximum atomic E-state index is 7.88. The maximum Gasteiger partial charge on any atom is 0.0428 e. The molecule has 0 aromatic heterocycles. The zero-order valence-electron chi connectivity index (χ0n) is 37.8. The van der Waals surface area contributed by atoms with Crippen LogP contribution in [-0.2, 0) is 0 Å². The van der Waals surface area contributed by atoms with Crippen molar-refractivity contribution in [1.82, 2.24) is 23.8 Å². The van der Waals surface area contributed by atoms with Crippen LogP contribution in [0.15, 0.2) is 0 Å². The van der Waals surface area contributed by atoms with Crippen LogP contribution in [0.5, 0.6) is 0 Å². The highest BCUT2D eigenvalue weighted by molar-refractivity contribution is 4.81. The Balaban J connectivity index is -0.0000000272. The van der Waals surface area contributed by atoms with E-state index in [1.807, 2.05) is 41.5 Å². The molecule has 47 heavy (non-hydrogen) atoms. The van der Waals surface area contributed by atoms with Gasteiger partial charge in [0.25, 0.3) is 0 Å². The van der Waals surface area contributed by atoms with Crippen molar-refractivity contribution in [3.63, 3.8) is 0 Å². The van der Waals surface area contributed by atoms with Crippen molar-refractivity contribution < 1.29 is 5.11 Å². The van der Waals surface area contributed by atoms with Crippen LogP contribution < -0.4 is 41.0 Å². The van der Waals surface area contributed by atoms with Crippen molar-refractivity contribution in [2.24, 2.45) is 23.1 Å². The number of unbranched alkanes of at least 4 members (excludes halogenated alkanes) is 5. The number of hydrogen-bond acceptors (Lipinski definition) is 8. The van der Waals surface area contributed by atoms with Crippen LogP contribution in [0, 0.1) is 5.92 Å². The first kappa shape index (κ1) is 85.9. The van der Waals surface area contributed by atoms with Crippen molar-refractivity contribution in [3.05, 3.63) is 0 Å². The first-order chi connectivity index (χ1) is 20.8. The van der Waals surface area contributed by atoms with Gasteiger partial charge in [-0.05, 0) is 65.6 Å². The summed E-state index contributed by atoms with van der Waals surface area (Å²) in [5.41, 5.74) is 15.3. The van der Waals surface area contributed by atoms with Gasteiger partial charge in [0.05, 0.1) is 0 Å². The molecule has 0 aromatic rings. The molecular formula is C39H111N7O. The molecule has 0 bridgehead atoms. The van der Waals surface area contributed by atoms with Gasteiger partial charge in [0.1, 0.15) is 0 Å². The van der Waals surface area contributed by atoms with Gasteiger partial charge in [-0.2, -0.15) is 0 Å². The van der Waals surface area contributed by atoms with Crippen LogP contribution in [-0.4, -0.2) is 43.4 Å². The van der Waals surface area contributed by atoms with Gasteiger partial charge in [-0.1, -0.05) is 175 Å². The molecule has 0 aromatic carbocycles. The second kappa shape index (κ2) is 111.